The van der Waals surface area contributed by atoms with Crippen LogP contribution in [0.4, 0.5) is 0 Å². The first-order chi connectivity index (χ1) is 9.60. The van der Waals surface area contributed by atoms with E-state index in [0.717, 1.165) is 21.9 Å². The molecule has 2 N–H and O–H groups in total. The monoisotopic (exact) mass is 289 g/mol. The summed E-state index contributed by atoms with van der Waals surface area (Å²) in [5, 5.41) is 0.762. The fourth-order valence-corrected chi connectivity index (χ4v) is 2.07. The molecule has 0 saturated carbocycles. The molecule has 2 nitrogen and oxygen atoms in total. The molecule has 1 atom stereocenters. The van der Waals surface area contributed by atoms with Crippen LogP contribution in [-0.2, 0) is 6.61 Å². The first-order valence-electron chi connectivity index (χ1n) is 6.78. The fraction of sp³-hybridized carbons (Fsp3) is 0.294. The Labute approximate surface area is 125 Å². The summed E-state index contributed by atoms with van der Waals surface area (Å²) in [7, 11) is 0. The zero-order valence-corrected chi connectivity index (χ0v) is 12.7. The zero-order valence-electron chi connectivity index (χ0n) is 11.9. The molecule has 0 aromatic heterocycles. The standard InChI is InChI=1S/C17H20ClNO/c1-12-9-16(7-8-17(12)18)20-11-14-3-5-15(6-4-14)13(2)10-19/h3-9,13H,10-11,19H2,1-2H3. The van der Waals surface area contributed by atoms with Gasteiger partial charge in [-0.2, -0.15) is 0 Å². The predicted octanol–water partition coefficient (Wildman–Crippen LogP) is 4.29. The van der Waals surface area contributed by atoms with E-state index in [1.165, 1.54) is 5.56 Å². The molecule has 0 aliphatic carbocycles. The SMILES string of the molecule is Cc1cc(OCc2ccc(C(C)CN)cc2)ccc1Cl. The minimum absolute atomic E-state index is 0.392. The molecule has 2 aromatic carbocycles. The third-order valence-corrected chi connectivity index (χ3v) is 3.86. The zero-order chi connectivity index (χ0) is 14.5. The third-order valence-electron chi connectivity index (χ3n) is 3.44. The van der Waals surface area contributed by atoms with Crippen LogP contribution in [0.1, 0.15) is 29.5 Å². The molecule has 0 heterocycles. The number of aryl methyl sites for hydroxylation is 1. The summed E-state index contributed by atoms with van der Waals surface area (Å²) in [5.74, 6) is 1.23. The smallest absolute Gasteiger partial charge is 0.120 e. The van der Waals surface area contributed by atoms with Gasteiger partial charge in [0.2, 0.25) is 0 Å². The van der Waals surface area contributed by atoms with Gasteiger partial charge in [0.05, 0.1) is 0 Å². The van der Waals surface area contributed by atoms with Gasteiger partial charge in [0.15, 0.2) is 0 Å². The summed E-state index contributed by atoms with van der Waals surface area (Å²) in [6.07, 6.45) is 0. The van der Waals surface area contributed by atoms with Crippen molar-refractivity contribution in [2.75, 3.05) is 6.54 Å². The minimum Gasteiger partial charge on any atom is -0.489 e. The van der Waals surface area contributed by atoms with E-state index in [2.05, 4.69) is 31.2 Å². The van der Waals surface area contributed by atoms with E-state index < -0.39 is 0 Å². The molecule has 0 fully saturated rings. The molecular weight excluding hydrogens is 270 g/mol. The molecule has 2 aromatic rings. The van der Waals surface area contributed by atoms with Gasteiger partial charge in [-0.3, -0.25) is 0 Å². The van der Waals surface area contributed by atoms with E-state index in [1.807, 2.05) is 25.1 Å². The maximum Gasteiger partial charge on any atom is 0.120 e. The average Bonchev–Trinajstić information content (AvgIpc) is 2.48. The van der Waals surface area contributed by atoms with Gasteiger partial charge in [0, 0.05) is 5.02 Å². The topological polar surface area (TPSA) is 35.2 Å². The summed E-state index contributed by atoms with van der Waals surface area (Å²) in [6, 6.07) is 14.1. The van der Waals surface area contributed by atoms with Crippen LogP contribution in [-0.4, -0.2) is 6.54 Å². The normalized spacial score (nSPS) is 12.2. The van der Waals surface area contributed by atoms with Crippen LogP contribution in [0.2, 0.25) is 5.02 Å². The average molecular weight is 290 g/mol. The highest BCUT2D eigenvalue weighted by Crippen LogP contribution is 2.22. The summed E-state index contributed by atoms with van der Waals surface area (Å²) in [6.45, 7) is 5.32. The van der Waals surface area contributed by atoms with Gasteiger partial charge >= 0.3 is 0 Å². The largest absolute Gasteiger partial charge is 0.489 e. The van der Waals surface area contributed by atoms with E-state index in [0.29, 0.717) is 19.1 Å². The van der Waals surface area contributed by atoms with E-state index in [9.17, 15) is 0 Å². The fourth-order valence-electron chi connectivity index (χ4n) is 1.95. The van der Waals surface area contributed by atoms with Crippen molar-refractivity contribution in [3.63, 3.8) is 0 Å². The Kier molecular flexibility index (Phi) is 5.05. The van der Waals surface area contributed by atoms with E-state index in [1.54, 1.807) is 0 Å². The molecule has 0 amide bonds. The summed E-state index contributed by atoms with van der Waals surface area (Å²) in [5.41, 5.74) is 9.10. The molecule has 0 radical (unpaired) electrons. The summed E-state index contributed by atoms with van der Waals surface area (Å²) in [4.78, 5) is 0. The molecule has 20 heavy (non-hydrogen) atoms. The second kappa shape index (κ2) is 6.78. The molecule has 0 aliphatic heterocycles. The van der Waals surface area contributed by atoms with Crippen LogP contribution < -0.4 is 10.5 Å². The van der Waals surface area contributed by atoms with Crippen LogP contribution in [0.25, 0.3) is 0 Å². The maximum atomic E-state index is 5.99. The molecule has 106 valence electrons. The Balaban J connectivity index is 1.98. The van der Waals surface area contributed by atoms with Crippen molar-refractivity contribution in [2.45, 2.75) is 26.4 Å². The van der Waals surface area contributed by atoms with Crippen molar-refractivity contribution in [2.24, 2.45) is 5.73 Å². The first kappa shape index (κ1) is 14.9. The Morgan fingerprint density at radius 2 is 1.85 bits per heavy atom. The summed E-state index contributed by atoms with van der Waals surface area (Å²) >= 11 is 5.99. The van der Waals surface area contributed by atoms with Crippen LogP contribution in [0, 0.1) is 6.92 Å². The lowest BCUT2D eigenvalue weighted by Gasteiger charge is -2.11. The van der Waals surface area contributed by atoms with Crippen LogP contribution in [0.5, 0.6) is 5.75 Å². The highest BCUT2D eigenvalue weighted by Gasteiger charge is 2.03. The molecule has 0 spiro atoms. The number of halogens is 1. The molecule has 3 heteroatoms. The van der Waals surface area contributed by atoms with Crippen molar-refractivity contribution in [1.82, 2.24) is 0 Å². The predicted molar refractivity (Wildman–Crippen MR) is 84.4 cm³/mol. The lowest BCUT2D eigenvalue weighted by Crippen LogP contribution is -2.08. The number of hydrogen-bond acceptors (Lipinski definition) is 2. The number of nitrogens with two attached hydrogens (primary N) is 1. The Morgan fingerprint density at radius 1 is 1.15 bits per heavy atom. The Morgan fingerprint density at radius 3 is 2.45 bits per heavy atom. The van der Waals surface area contributed by atoms with Gasteiger partial charge in [-0.25, -0.2) is 0 Å². The van der Waals surface area contributed by atoms with Gasteiger partial charge in [0.1, 0.15) is 12.4 Å². The van der Waals surface area contributed by atoms with Gasteiger partial charge in [-0.05, 0) is 54.3 Å². The number of benzene rings is 2. The second-order valence-electron chi connectivity index (χ2n) is 5.08. The Hall–Kier alpha value is -1.51. The lowest BCUT2D eigenvalue weighted by atomic mass is 10.0. The van der Waals surface area contributed by atoms with Gasteiger partial charge in [-0.15, -0.1) is 0 Å². The number of rotatable bonds is 5. The van der Waals surface area contributed by atoms with Crippen molar-refractivity contribution in [3.8, 4) is 5.75 Å². The van der Waals surface area contributed by atoms with E-state index in [-0.39, 0.29) is 0 Å². The van der Waals surface area contributed by atoms with Crippen molar-refractivity contribution in [3.05, 3.63) is 64.2 Å². The van der Waals surface area contributed by atoms with Crippen molar-refractivity contribution >= 4 is 11.6 Å². The Bertz CT molecular complexity index is 566. The summed E-state index contributed by atoms with van der Waals surface area (Å²) < 4.78 is 5.77. The quantitative estimate of drug-likeness (QED) is 0.891. The number of hydrogen-bond donors (Lipinski definition) is 1. The van der Waals surface area contributed by atoms with Gasteiger partial charge in [-0.1, -0.05) is 42.8 Å². The van der Waals surface area contributed by atoms with Crippen LogP contribution in [0.3, 0.4) is 0 Å². The molecule has 0 saturated heterocycles. The van der Waals surface area contributed by atoms with Gasteiger partial charge < -0.3 is 10.5 Å². The van der Waals surface area contributed by atoms with Crippen molar-refractivity contribution in [1.29, 1.82) is 0 Å². The highest BCUT2D eigenvalue weighted by molar-refractivity contribution is 6.31. The maximum absolute atomic E-state index is 5.99. The van der Waals surface area contributed by atoms with E-state index >= 15 is 0 Å². The minimum atomic E-state index is 0.392. The van der Waals surface area contributed by atoms with Crippen LogP contribution in [0.15, 0.2) is 42.5 Å². The third kappa shape index (κ3) is 3.75. The molecule has 1 unspecified atom stereocenters. The second-order valence-corrected chi connectivity index (χ2v) is 5.49. The molecule has 0 bridgehead atoms. The molecule has 0 aliphatic rings. The first-order valence-corrected chi connectivity index (χ1v) is 7.16. The van der Waals surface area contributed by atoms with Gasteiger partial charge in [0.25, 0.3) is 0 Å². The van der Waals surface area contributed by atoms with Crippen molar-refractivity contribution < 1.29 is 4.74 Å². The number of ether oxygens (including phenoxy) is 1. The molecular formula is C17H20ClNO. The lowest BCUT2D eigenvalue weighted by molar-refractivity contribution is 0.306. The van der Waals surface area contributed by atoms with E-state index in [4.69, 9.17) is 22.1 Å². The molecule has 2 rings (SSSR count). The highest BCUT2D eigenvalue weighted by atomic mass is 35.5. The van der Waals surface area contributed by atoms with Crippen LogP contribution >= 0.6 is 11.6 Å².